The molecule has 1 aliphatic heterocycles. The Hall–Kier alpha value is -1.57. The molecule has 0 saturated carbocycles. The lowest BCUT2D eigenvalue weighted by atomic mass is 10.1. The Morgan fingerprint density at radius 2 is 2.35 bits per heavy atom. The number of likely N-dealkylation sites (tertiary alicyclic amines) is 1. The van der Waals surface area contributed by atoms with E-state index >= 15 is 0 Å². The van der Waals surface area contributed by atoms with E-state index in [1.807, 2.05) is 12.1 Å². The molecular formula is C16H22N2O2. The van der Waals surface area contributed by atoms with E-state index in [4.69, 9.17) is 14.7 Å². The number of ether oxygens (including phenoxy) is 2. The van der Waals surface area contributed by atoms with Crippen molar-refractivity contribution in [3.05, 3.63) is 29.8 Å². The lowest BCUT2D eigenvalue weighted by Crippen LogP contribution is -2.40. The van der Waals surface area contributed by atoms with Gasteiger partial charge in [-0.05, 0) is 44.0 Å². The van der Waals surface area contributed by atoms with Crippen LogP contribution < -0.4 is 4.74 Å². The molecule has 108 valence electrons. The highest BCUT2D eigenvalue weighted by Gasteiger charge is 2.18. The average Bonchev–Trinajstić information content (AvgIpc) is 2.52. The molecule has 0 aromatic heterocycles. The van der Waals surface area contributed by atoms with Gasteiger partial charge in [0.1, 0.15) is 5.75 Å². The molecule has 0 spiro atoms. The highest BCUT2D eigenvalue weighted by Crippen LogP contribution is 2.14. The second kappa shape index (κ2) is 7.88. The van der Waals surface area contributed by atoms with Crippen LogP contribution >= 0.6 is 0 Å². The molecule has 1 heterocycles. The van der Waals surface area contributed by atoms with Crippen LogP contribution in [-0.4, -0.2) is 44.4 Å². The van der Waals surface area contributed by atoms with Gasteiger partial charge in [-0.15, -0.1) is 0 Å². The van der Waals surface area contributed by atoms with Crippen LogP contribution in [0.2, 0.25) is 0 Å². The second-order valence-electron chi connectivity index (χ2n) is 5.14. The third-order valence-corrected chi connectivity index (χ3v) is 3.65. The van der Waals surface area contributed by atoms with Gasteiger partial charge in [-0.2, -0.15) is 5.26 Å². The number of hydrogen-bond acceptors (Lipinski definition) is 4. The number of piperidine rings is 1. The SMILES string of the molecule is COC1CCCN(CCCOc2cccc(C#N)c2)C1. The first-order valence-corrected chi connectivity index (χ1v) is 7.20. The molecule has 1 atom stereocenters. The molecule has 4 heteroatoms. The van der Waals surface area contributed by atoms with E-state index in [0.29, 0.717) is 18.3 Å². The number of methoxy groups -OCH3 is 1. The van der Waals surface area contributed by atoms with E-state index in [9.17, 15) is 0 Å². The number of benzene rings is 1. The first-order valence-electron chi connectivity index (χ1n) is 7.20. The van der Waals surface area contributed by atoms with Gasteiger partial charge < -0.3 is 14.4 Å². The molecule has 1 aromatic carbocycles. The average molecular weight is 274 g/mol. The monoisotopic (exact) mass is 274 g/mol. The molecule has 0 aliphatic carbocycles. The van der Waals surface area contributed by atoms with Crippen molar-refractivity contribution in [1.29, 1.82) is 5.26 Å². The third kappa shape index (κ3) is 4.52. The van der Waals surface area contributed by atoms with Crippen LogP contribution in [0.1, 0.15) is 24.8 Å². The van der Waals surface area contributed by atoms with Crippen molar-refractivity contribution >= 4 is 0 Å². The van der Waals surface area contributed by atoms with Crippen LogP contribution in [-0.2, 0) is 4.74 Å². The fourth-order valence-electron chi connectivity index (χ4n) is 2.54. The van der Waals surface area contributed by atoms with Gasteiger partial charge in [0.2, 0.25) is 0 Å². The van der Waals surface area contributed by atoms with E-state index in [1.54, 1.807) is 19.2 Å². The van der Waals surface area contributed by atoms with Gasteiger partial charge in [-0.1, -0.05) is 6.07 Å². The zero-order valence-electron chi connectivity index (χ0n) is 12.0. The summed E-state index contributed by atoms with van der Waals surface area (Å²) in [6.45, 7) is 3.91. The summed E-state index contributed by atoms with van der Waals surface area (Å²) in [5.41, 5.74) is 0.640. The van der Waals surface area contributed by atoms with Crippen molar-refractivity contribution < 1.29 is 9.47 Å². The lowest BCUT2D eigenvalue weighted by molar-refractivity contribution is 0.0299. The molecule has 0 bridgehead atoms. The Balaban J connectivity index is 1.67. The minimum atomic E-state index is 0.386. The summed E-state index contributed by atoms with van der Waals surface area (Å²) in [5, 5.41) is 8.83. The molecule has 1 unspecified atom stereocenters. The Kier molecular flexibility index (Phi) is 5.85. The molecule has 0 radical (unpaired) electrons. The summed E-state index contributed by atoms with van der Waals surface area (Å²) < 4.78 is 11.1. The Morgan fingerprint density at radius 3 is 3.15 bits per heavy atom. The first-order chi connectivity index (χ1) is 9.81. The van der Waals surface area contributed by atoms with E-state index in [1.165, 1.54) is 12.8 Å². The molecule has 4 nitrogen and oxygen atoms in total. The maximum Gasteiger partial charge on any atom is 0.120 e. The standard InChI is InChI=1S/C16H22N2O2/c1-19-16-7-3-8-18(13-16)9-4-10-20-15-6-2-5-14(11-15)12-17/h2,5-6,11,16H,3-4,7-10,13H2,1H3. The topological polar surface area (TPSA) is 45.5 Å². The van der Waals surface area contributed by atoms with E-state index in [0.717, 1.165) is 31.8 Å². The fraction of sp³-hybridized carbons (Fsp3) is 0.562. The Bertz CT molecular complexity index is 456. The quantitative estimate of drug-likeness (QED) is 0.747. The van der Waals surface area contributed by atoms with Crippen LogP contribution in [0.3, 0.4) is 0 Å². The molecule has 1 fully saturated rings. The van der Waals surface area contributed by atoms with Gasteiger partial charge in [0.25, 0.3) is 0 Å². The maximum absolute atomic E-state index is 8.83. The van der Waals surface area contributed by atoms with E-state index in [2.05, 4.69) is 11.0 Å². The van der Waals surface area contributed by atoms with Crippen molar-refractivity contribution in [2.75, 3.05) is 33.4 Å². The van der Waals surface area contributed by atoms with Gasteiger partial charge in [-0.3, -0.25) is 0 Å². The van der Waals surface area contributed by atoms with Crippen molar-refractivity contribution in [2.45, 2.75) is 25.4 Å². The van der Waals surface area contributed by atoms with Crippen LogP contribution in [0.4, 0.5) is 0 Å². The third-order valence-electron chi connectivity index (χ3n) is 3.65. The Morgan fingerprint density at radius 1 is 1.45 bits per heavy atom. The highest BCUT2D eigenvalue weighted by molar-refractivity contribution is 5.36. The van der Waals surface area contributed by atoms with Gasteiger partial charge >= 0.3 is 0 Å². The second-order valence-corrected chi connectivity index (χ2v) is 5.14. The normalized spacial score (nSPS) is 19.5. The Labute approximate surface area is 120 Å². The molecule has 2 rings (SSSR count). The zero-order chi connectivity index (χ0) is 14.2. The number of rotatable bonds is 6. The summed E-state index contributed by atoms with van der Waals surface area (Å²) in [6, 6.07) is 9.42. The van der Waals surface area contributed by atoms with E-state index in [-0.39, 0.29) is 0 Å². The summed E-state index contributed by atoms with van der Waals surface area (Å²) in [4.78, 5) is 2.44. The summed E-state index contributed by atoms with van der Waals surface area (Å²) >= 11 is 0. The van der Waals surface area contributed by atoms with Gasteiger partial charge in [0.15, 0.2) is 0 Å². The molecule has 1 aliphatic rings. The molecule has 20 heavy (non-hydrogen) atoms. The molecule has 0 N–H and O–H groups in total. The number of hydrogen-bond donors (Lipinski definition) is 0. The first kappa shape index (κ1) is 14.8. The lowest BCUT2D eigenvalue weighted by Gasteiger charge is -2.31. The van der Waals surface area contributed by atoms with Gasteiger partial charge in [0, 0.05) is 20.2 Å². The van der Waals surface area contributed by atoms with Crippen LogP contribution in [0.25, 0.3) is 0 Å². The van der Waals surface area contributed by atoms with E-state index < -0.39 is 0 Å². The minimum Gasteiger partial charge on any atom is -0.494 e. The van der Waals surface area contributed by atoms with Crippen LogP contribution in [0.15, 0.2) is 24.3 Å². The molecule has 1 aromatic rings. The summed E-state index contributed by atoms with van der Waals surface area (Å²) in [6.07, 6.45) is 3.76. The summed E-state index contributed by atoms with van der Waals surface area (Å²) in [5.74, 6) is 0.775. The van der Waals surface area contributed by atoms with Crippen LogP contribution in [0.5, 0.6) is 5.75 Å². The minimum absolute atomic E-state index is 0.386. The number of nitriles is 1. The highest BCUT2D eigenvalue weighted by atomic mass is 16.5. The van der Waals surface area contributed by atoms with Crippen molar-refractivity contribution in [3.8, 4) is 11.8 Å². The van der Waals surface area contributed by atoms with Crippen LogP contribution in [0, 0.1) is 11.3 Å². The van der Waals surface area contributed by atoms with Gasteiger partial charge in [0.05, 0.1) is 24.3 Å². The molecule has 0 amide bonds. The molecule has 1 saturated heterocycles. The van der Waals surface area contributed by atoms with Gasteiger partial charge in [-0.25, -0.2) is 0 Å². The fourth-order valence-corrected chi connectivity index (χ4v) is 2.54. The van der Waals surface area contributed by atoms with Crippen molar-refractivity contribution in [1.82, 2.24) is 4.90 Å². The largest absolute Gasteiger partial charge is 0.494 e. The predicted molar refractivity (Wildman–Crippen MR) is 77.7 cm³/mol. The zero-order valence-corrected chi connectivity index (χ0v) is 12.0. The summed E-state index contributed by atoms with van der Waals surface area (Å²) in [7, 11) is 1.79. The predicted octanol–water partition coefficient (Wildman–Crippen LogP) is 2.44. The van der Waals surface area contributed by atoms with Crippen molar-refractivity contribution in [3.63, 3.8) is 0 Å². The smallest absolute Gasteiger partial charge is 0.120 e. The van der Waals surface area contributed by atoms with Crippen molar-refractivity contribution in [2.24, 2.45) is 0 Å². The molecular weight excluding hydrogens is 252 g/mol. The number of nitrogens with zero attached hydrogens (tertiary/aromatic N) is 2. The maximum atomic E-state index is 8.83.